The molecule has 0 fully saturated rings. The normalized spacial score (nSPS) is 13.6. The predicted molar refractivity (Wildman–Crippen MR) is 97.4 cm³/mol. The van der Waals surface area contributed by atoms with Gasteiger partial charge in [0.05, 0.1) is 6.04 Å². The van der Waals surface area contributed by atoms with Crippen molar-refractivity contribution in [2.45, 2.75) is 19.4 Å². The quantitative estimate of drug-likeness (QED) is 0.835. The fraction of sp³-hybridized carbons (Fsp3) is 0.300. The molecule has 2 amide bonds. The molecule has 0 saturated heterocycles. The zero-order valence-electron chi connectivity index (χ0n) is 14.7. The van der Waals surface area contributed by atoms with E-state index >= 15 is 0 Å². The van der Waals surface area contributed by atoms with Crippen molar-refractivity contribution in [3.8, 4) is 11.5 Å². The molecular weight excluding hydrogens is 332 g/mol. The Morgan fingerprint density at radius 2 is 1.77 bits per heavy atom. The minimum atomic E-state index is -0.182. The summed E-state index contributed by atoms with van der Waals surface area (Å²) in [5, 5.41) is 5.68. The highest BCUT2D eigenvalue weighted by Gasteiger charge is 2.16. The van der Waals surface area contributed by atoms with E-state index < -0.39 is 0 Å². The standard InChI is InChI=1S/C20H22N2O4/c1-14(16-7-8-17-18(13-16)26-12-11-25-17)22-19(23)9-10-21-20(24)15-5-3-2-4-6-15/h2-8,13-14H,9-12H2,1H3,(H,21,24)(H,22,23)/t14-/m1/s1. The van der Waals surface area contributed by atoms with Crippen molar-refractivity contribution < 1.29 is 19.1 Å². The molecule has 1 atom stereocenters. The van der Waals surface area contributed by atoms with Gasteiger partial charge in [-0.1, -0.05) is 24.3 Å². The summed E-state index contributed by atoms with van der Waals surface area (Å²) in [4.78, 5) is 24.1. The minimum absolute atomic E-state index is 0.124. The lowest BCUT2D eigenvalue weighted by Gasteiger charge is -2.21. The molecule has 2 aromatic rings. The average Bonchev–Trinajstić information content (AvgIpc) is 2.68. The lowest BCUT2D eigenvalue weighted by atomic mass is 10.1. The van der Waals surface area contributed by atoms with Crippen molar-refractivity contribution in [3.05, 3.63) is 59.7 Å². The Hall–Kier alpha value is -3.02. The van der Waals surface area contributed by atoms with Crippen LogP contribution in [0.5, 0.6) is 11.5 Å². The van der Waals surface area contributed by atoms with Crippen molar-refractivity contribution >= 4 is 11.8 Å². The van der Waals surface area contributed by atoms with Gasteiger partial charge in [-0.2, -0.15) is 0 Å². The third-order valence-corrected chi connectivity index (χ3v) is 4.12. The molecule has 0 radical (unpaired) electrons. The van der Waals surface area contributed by atoms with Gasteiger partial charge in [0.2, 0.25) is 5.91 Å². The number of carbonyl (C=O) groups is 2. The van der Waals surface area contributed by atoms with Crippen molar-refractivity contribution in [3.63, 3.8) is 0 Å². The van der Waals surface area contributed by atoms with Crippen molar-refractivity contribution in [1.82, 2.24) is 10.6 Å². The molecule has 1 heterocycles. The molecule has 0 unspecified atom stereocenters. The molecule has 6 heteroatoms. The van der Waals surface area contributed by atoms with Gasteiger partial charge < -0.3 is 20.1 Å². The monoisotopic (exact) mass is 354 g/mol. The number of amides is 2. The number of hydrogen-bond acceptors (Lipinski definition) is 4. The van der Waals surface area contributed by atoms with Crippen LogP contribution in [0, 0.1) is 0 Å². The Labute approximate surface area is 152 Å². The summed E-state index contributed by atoms with van der Waals surface area (Å²) in [5.74, 6) is 1.12. The Morgan fingerprint density at radius 3 is 2.54 bits per heavy atom. The maximum absolute atomic E-state index is 12.1. The van der Waals surface area contributed by atoms with Gasteiger partial charge in [0.1, 0.15) is 13.2 Å². The maximum atomic E-state index is 12.1. The van der Waals surface area contributed by atoms with Gasteiger partial charge in [-0.3, -0.25) is 9.59 Å². The van der Waals surface area contributed by atoms with Crippen LogP contribution in [0.4, 0.5) is 0 Å². The molecule has 26 heavy (non-hydrogen) atoms. The zero-order chi connectivity index (χ0) is 18.4. The smallest absolute Gasteiger partial charge is 0.251 e. The largest absolute Gasteiger partial charge is 0.486 e. The molecule has 0 bridgehead atoms. The van der Waals surface area contributed by atoms with E-state index in [4.69, 9.17) is 9.47 Å². The van der Waals surface area contributed by atoms with Gasteiger partial charge in [0, 0.05) is 18.5 Å². The Bertz CT molecular complexity index is 777. The van der Waals surface area contributed by atoms with Gasteiger partial charge in [0.25, 0.3) is 5.91 Å². The Morgan fingerprint density at radius 1 is 1.04 bits per heavy atom. The molecule has 2 N–H and O–H groups in total. The van der Waals surface area contributed by atoms with E-state index in [9.17, 15) is 9.59 Å². The Balaban J connectivity index is 1.46. The van der Waals surface area contributed by atoms with Gasteiger partial charge in [-0.15, -0.1) is 0 Å². The van der Waals surface area contributed by atoms with Crippen LogP contribution in [0.2, 0.25) is 0 Å². The number of hydrogen-bond donors (Lipinski definition) is 2. The first-order chi connectivity index (χ1) is 12.6. The van der Waals surface area contributed by atoms with E-state index in [0.717, 1.165) is 11.3 Å². The number of carbonyl (C=O) groups excluding carboxylic acids is 2. The van der Waals surface area contributed by atoms with Crippen molar-refractivity contribution in [2.75, 3.05) is 19.8 Å². The van der Waals surface area contributed by atoms with Crippen LogP contribution >= 0.6 is 0 Å². The highest BCUT2D eigenvalue weighted by molar-refractivity contribution is 5.94. The van der Waals surface area contributed by atoms with E-state index in [2.05, 4.69) is 10.6 Å². The first-order valence-corrected chi connectivity index (χ1v) is 8.65. The van der Waals surface area contributed by atoms with Crippen LogP contribution in [0.15, 0.2) is 48.5 Å². The zero-order valence-corrected chi connectivity index (χ0v) is 14.7. The molecule has 2 aromatic carbocycles. The van der Waals surface area contributed by atoms with Crippen molar-refractivity contribution in [1.29, 1.82) is 0 Å². The van der Waals surface area contributed by atoms with E-state index in [1.807, 2.05) is 31.2 Å². The van der Waals surface area contributed by atoms with Gasteiger partial charge in [-0.25, -0.2) is 0 Å². The van der Waals surface area contributed by atoms with Crippen LogP contribution in [-0.2, 0) is 4.79 Å². The summed E-state index contributed by atoms with van der Waals surface area (Å²) in [7, 11) is 0. The first kappa shape index (κ1) is 17.8. The van der Waals surface area contributed by atoms with Gasteiger partial charge >= 0.3 is 0 Å². The van der Waals surface area contributed by atoms with E-state index in [-0.39, 0.29) is 30.8 Å². The fourth-order valence-corrected chi connectivity index (χ4v) is 2.71. The summed E-state index contributed by atoms with van der Waals surface area (Å²) in [6.45, 7) is 3.27. The molecule has 1 aliphatic heterocycles. The van der Waals surface area contributed by atoms with Crippen LogP contribution < -0.4 is 20.1 Å². The number of nitrogens with one attached hydrogen (secondary N) is 2. The molecule has 6 nitrogen and oxygen atoms in total. The summed E-state index contributed by atoms with van der Waals surface area (Å²) in [6, 6.07) is 14.4. The van der Waals surface area contributed by atoms with E-state index in [0.29, 0.717) is 24.5 Å². The number of rotatable bonds is 6. The molecule has 3 rings (SSSR count). The first-order valence-electron chi connectivity index (χ1n) is 8.65. The van der Waals surface area contributed by atoms with E-state index in [1.165, 1.54) is 0 Å². The third-order valence-electron chi connectivity index (χ3n) is 4.12. The second-order valence-corrected chi connectivity index (χ2v) is 6.06. The average molecular weight is 354 g/mol. The van der Waals surface area contributed by atoms with Crippen LogP contribution in [0.3, 0.4) is 0 Å². The molecule has 0 aromatic heterocycles. The van der Waals surface area contributed by atoms with Crippen LogP contribution in [0.1, 0.15) is 35.3 Å². The number of fused-ring (bicyclic) bond motifs is 1. The highest BCUT2D eigenvalue weighted by atomic mass is 16.6. The van der Waals surface area contributed by atoms with E-state index in [1.54, 1.807) is 24.3 Å². The lowest BCUT2D eigenvalue weighted by molar-refractivity contribution is -0.121. The summed E-state index contributed by atoms with van der Waals surface area (Å²) in [6.07, 6.45) is 0.216. The minimum Gasteiger partial charge on any atom is -0.486 e. The summed E-state index contributed by atoms with van der Waals surface area (Å²) >= 11 is 0. The number of ether oxygens (including phenoxy) is 2. The van der Waals surface area contributed by atoms with Gasteiger partial charge in [-0.05, 0) is 36.8 Å². The van der Waals surface area contributed by atoms with Crippen LogP contribution in [-0.4, -0.2) is 31.6 Å². The van der Waals surface area contributed by atoms with Crippen LogP contribution in [0.25, 0.3) is 0 Å². The molecular formula is C20H22N2O4. The lowest BCUT2D eigenvalue weighted by Crippen LogP contribution is -2.32. The molecule has 136 valence electrons. The molecule has 1 aliphatic rings. The van der Waals surface area contributed by atoms with Gasteiger partial charge in [0.15, 0.2) is 11.5 Å². The summed E-state index contributed by atoms with van der Waals surface area (Å²) in [5.41, 5.74) is 1.52. The summed E-state index contributed by atoms with van der Waals surface area (Å²) < 4.78 is 11.1. The third kappa shape index (κ3) is 4.53. The molecule has 0 saturated carbocycles. The Kier molecular flexibility index (Phi) is 5.73. The fourth-order valence-electron chi connectivity index (χ4n) is 2.71. The second kappa shape index (κ2) is 8.38. The van der Waals surface area contributed by atoms with Crippen molar-refractivity contribution in [2.24, 2.45) is 0 Å². The topological polar surface area (TPSA) is 76.7 Å². The number of benzene rings is 2. The highest BCUT2D eigenvalue weighted by Crippen LogP contribution is 2.32. The SMILES string of the molecule is C[C@@H](NC(=O)CCNC(=O)c1ccccc1)c1ccc2c(c1)OCCO2. The second-order valence-electron chi connectivity index (χ2n) is 6.06. The molecule has 0 aliphatic carbocycles. The predicted octanol–water partition coefficient (Wildman–Crippen LogP) is 2.46. The molecule has 0 spiro atoms. The maximum Gasteiger partial charge on any atom is 0.251 e.